The van der Waals surface area contributed by atoms with Crippen LogP contribution in [0.4, 0.5) is 0 Å². The standard InChI is InChI=1S/C4H10N4O/c1-2-3(9)8(7)4(5)6/h2,7H2,1H3,(H3,5,6). The largest absolute Gasteiger partial charge is 0.369 e. The van der Waals surface area contributed by atoms with Crippen LogP contribution in [0.25, 0.3) is 0 Å². The molecule has 0 saturated heterocycles. The first-order valence-electron chi connectivity index (χ1n) is 2.51. The number of rotatable bonds is 1. The quantitative estimate of drug-likeness (QED) is 0.139. The molecule has 0 atom stereocenters. The summed E-state index contributed by atoms with van der Waals surface area (Å²) in [5.41, 5.74) is 4.88. The molecule has 5 nitrogen and oxygen atoms in total. The lowest BCUT2D eigenvalue weighted by Gasteiger charge is -2.11. The highest BCUT2D eigenvalue weighted by atomic mass is 16.2. The molecule has 9 heavy (non-hydrogen) atoms. The molecule has 0 saturated carbocycles. The van der Waals surface area contributed by atoms with E-state index in [-0.39, 0.29) is 12.3 Å². The van der Waals surface area contributed by atoms with Crippen molar-refractivity contribution >= 4 is 11.9 Å². The van der Waals surface area contributed by atoms with E-state index in [1.54, 1.807) is 6.92 Å². The van der Waals surface area contributed by atoms with Crippen LogP contribution in [0.3, 0.4) is 0 Å². The van der Waals surface area contributed by atoms with Gasteiger partial charge in [0.05, 0.1) is 0 Å². The van der Waals surface area contributed by atoms with Crippen LogP contribution in [0.15, 0.2) is 0 Å². The van der Waals surface area contributed by atoms with Crippen molar-refractivity contribution in [3.8, 4) is 0 Å². The van der Waals surface area contributed by atoms with Crippen LogP contribution in [0.2, 0.25) is 0 Å². The van der Waals surface area contributed by atoms with E-state index in [1.807, 2.05) is 0 Å². The third-order valence-corrected chi connectivity index (χ3v) is 0.831. The van der Waals surface area contributed by atoms with Gasteiger partial charge in [0.2, 0.25) is 11.9 Å². The van der Waals surface area contributed by atoms with Gasteiger partial charge < -0.3 is 5.73 Å². The van der Waals surface area contributed by atoms with E-state index in [9.17, 15) is 4.79 Å². The maximum Gasteiger partial charge on any atom is 0.243 e. The highest BCUT2D eigenvalue weighted by molar-refractivity contribution is 5.93. The van der Waals surface area contributed by atoms with Crippen molar-refractivity contribution in [1.82, 2.24) is 5.01 Å². The Kier molecular flexibility index (Phi) is 2.66. The zero-order valence-corrected chi connectivity index (χ0v) is 5.22. The lowest BCUT2D eigenvalue weighted by molar-refractivity contribution is -0.127. The Morgan fingerprint density at radius 3 is 2.33 bits per heavy atom. The van der Waals surface area contributed by atoms with E-state index in [4.69, 9.17) is 17.0 Å². The molecule has 0 heterocycles. The van der Waals surface area contributed by atoms with E-state index in [2.05, 4.69) is 0 Å². The van der Waals surface area contributed by atoms with Crippen molar-refractivity contribution in [2.45, 2.75) is 13.3 Å². The number of hydrogen-bond donors (Lipinski definition) is 3. The van der Waals surface area contributed by atoms with E-state index in [0.717, 1.165) is 0 Å². The summed E-state index contributed by atoms with van der Waals surface area (Å²) in [6.07, 6.45) is 0.260. The van der Waals surface area contributed by atoms with Gasteiger partial charge in [-0.25, -0.2) is 10.9 Å². The molecule has 0 rings (SSSR count). The molecule has 0 unspecified atom stereocenters. The second-order valence-corrected chi connectivity index (χ2v) is 1.50. The molecule has 0 aliphatic carbocycles. The molecule has 5 heteroatoms. The summed E-state index contributed by atoms with van der Waals surface area (Å²) >= 11 is 0. The lowest BCUT2D eigenvalue weighted by atomic mass is 10.4. The summed E-state index contributed by atoms with van der Waals surface area (Å²) in [6.45, 7) is 1.64. The average molecular weight is 130 g/mol. The smallest absolute Gasteiger partial charge is 0.243 e. The van der Waals surface area contributed by atoms with Gasteiger partial charge >= 0.3 is 0 Å². The van der Waals surface area contributed by atoms with Gasteiger partial charge in [-0.15, -0.1) is 0 Å². The molecule has 0 fully saturated rings. The maximum absolute atomic E-state index is 10.5. The molecule has 0 aromatic heterocycles. The van der Waals surface area contributed by atoms with Crippen molar-refractivity contribution in [3.63, 3.8) is 0 Å². The van der Waals surface area contributed by atoms with E-state index in [0.29, 0.717) is 5.01 Å². The first kappa shape index (κ1) is 7.90. The fourth-order valence-electron chi connectivity index (χ4n) is 0.305. The SMILES string of the molecule is CCC(=O)N(N)C(=N)N. The van der Waals surface area contributed by atoms with Crippen LogP contribution in [-0.2, 0) is 4.79 Å². The Morgan fingerprint density at radius 1 is 1.78 bits per heavy atom. The molecule has 0 bridgehead atoms. The number of carbonyl (C=O) groups excluding carboxylic acids is 1. The highest BCUT2D eigenvalue weighted by Gasteiger charge is 2.07. The molecule has 1 amide bonds. The molecular formula is C4H10N4O. The molecule has 0 aliphatic heterocycles. The lowest BCUT2D eigenvalue weighted by Crippen LogP contribution is -2.45. The molecule has 5 N–H and O–H groups in total. The van der Waals surface area contributed by atoms with Gasteiger partial charge in [-0.3, -0.25) is 10.2 Å². The number of nitrogens with one attached hydrogen (secondary N) is 1. The minimum absolute atomic E-state index is 0.260. The fourth-order valence-corrected chi connectivity index (χ4v) is 0.305. The Bertz CT molecular complexity index is 133. The molecule has 0 spiro atoms. The topological polar surface area (TPSA) is 96.2 Å². The van der Waals surface area contributed by atoms with Crippen LogP contribution in [0, 0.1) is 5.41 Å². The second-order valence-electron chi connectivity index (χ2n) is 1.50. The van der Waals surface area contributed by atoms with Crippen LogP contribution in [-0.4, -0.2) is 16.9 Å². The first-order chi connectivity index (χ1) is 4.09. The van der Waals surface area contributed by atoms with Crippen LogP contribution >= 0.6 is 0 Å². The van der Waals surface area contributed by atoms with Crippen molar-refractivity contribution in [2.24, 2.45) is 11.6 Å². The number of amides is 1. The average Bonchev–Trinajstić information content (AvgIpc) is 1.84. The number of guanidine groups is 1. The molecule has 0 aromatic rings. The maximum atomic E-state index is 10.5. The van der Waals surface area contributed by atoms with Crippen LogP contribution in [0.1, 0.15) is 13.3 Å². The third kappa shape index (κ3) is 2.09. The number of hydrogen-bond acceptors (Lipinski definition) is 3. The van der Waals surface area contributed by atoms with Gasteiger partial charge in [0.25, 0.3) is 0 Å². The molecule has 52 valence electrons. The van der Waals surface area contributed by atoms with Gasteiger partial charge in [-0.2, -0.15) is 0 Å². The predicted molar refractivity (Wildman–Crippen MR) is 33.2 cm³/mol. The molecule has 0 aliphatic rings. The molecule has 0 aromatic carbocycles. The van der Waals surface area contributed by atoms with Gasteiger partial charge in [0.1, 0.15) is 0 Å². The molecular weight excluding hydrogens is 120 g/mol. The number of nitrogens with zero attached hydrogens (tertiary/aromatic N) is 1. The predicted octanol–water partition coefficient (Wildman–Crippen LogP) is -1.01. The minimum atomic E-state index is -0.429. The number of hydrazine groups is 1. The number of nitrogens with two attached hydrogens (primary N) is 2. The third-order valence-electron chi connectivity index (χ3n) is 0.831. The Balaban J connectivity index is 3.88. The van der Waals surface area contributed by atoms with E-state index >= 15 is 0 Å². The summed E-state index contributed by atoms with van der Waals surface area (Å²) in [5.74, 6) is 4.22. The normalized spacial score (nSPS) is 8.67. The Morgan fingerprint density at radius 2 is 2.22 bits per heavy atom. The monoisotopic (exact) mass is 130 g/mol. The Hall–Kier alpha value is -1.10. The highest BCUT2D eigenvalue weighted by Crippen LogP contribution is 1.82. The Labute approximate surface area is 53.1 Å². The van der Waals surface area contributed by atoms with Crippen LogP contribution in [0.5, 0.6) is 0 Å². The van der Waals surface area contributed by atoms with Gasteiger partial charge in [0.15, 0.2) is 0 Å². The summed E-state index contributed by atoms with van der Waals surface area (Å²) in [6, 6.07) is 0. The zero-order valence-electron chi connectivity index (χ0n) is 5.22. The van der Waals surface area contributed by atoms with Crippen LogP contribution < -0.4 is 11.6 Å². The summed E-state index contributed by atoms with van der Waals surface area (Å²) in [7, 11) is 0. The van der Waals surface area contributed by atoms with Crippen molar-refractivity contribution < 1.29 is 4.79 Å². The van der Waals surface area contributed by atoms with Gasteiger partial charge in [-0.1, -0.05) is 6.92 Å². The van der Waals surface area contributed by atoms with Gasteiger partial charge in [-0.05, 0) is 0 Å². The summed E-state index contributed by atoms with van der Waals surface area (Å²) in [5, 5.41) is 7.30. The fraction of sp³-hybridized carbons (Fsp3) is 0.500. The number of carbonyl (C=O) groups is 1. The minimum Gasteiger partial charge on any atom is -0.369 e. The second kappa shape index (κ2) is 3.03. The summed E-state index contributed by atoms with van der Waals surface area (Å²) < 4.78 is 0. The first-order valence-corrected chi connectivity index (χ1v) is 2.51. The van der Waals surface area contributed by atoms with Gasteiger partial charge in [0, 0.05) is 6.42 Å². The van der Waals surface area contributed by atoms with E-state index in [1.165, 1.54) is 0 Å². The molecule has 0 radical (unpaired) electrons. The summed E-state index contributed by atoms with van der Waals surface area (Å²) in [4.78, 5) is 10.5. The van der Waals surface area contributed by atoms with Crippen molar-refractivity contribution in [3.05, 3.63) is 0 Å². The van der Waals surface area contributed by atoms with E-state index < -0.39 is 5.96 Å². The zero-order chi connectivity index (χ0) is 7.44. The van der Waals surface area contributed by atoms with Crippen molar-refractivity contribution in [1.29, 1.82) is 5.41 Å². The van der Waals surface area contributed by atoms with Crippen molar-refractivity contribution in [2.75, 3.05) is 0 Å².